The van der Waals surface area contributed by atoms with E-state index in [0.29, 0.717) is 12.0 Å². The Bertz CT molecular complexity index is 562. The number of aryl methyl sites for hydroxylation is 1. The zero-order valence-electron chi connectivity index (χ0n) is 11.7. The molecule has 2 aromatic rings. The number of imidazole rings is 1. The second-order valence-electron chi connectivity index (χ2n) is 5.18. The first kappa shape index (κ1) is 14.6. The quantitative estimate of drug-likeness (QED) is 0.821. The summed E-state index contributed by atoms with van der Waals surface area (Å²) in [5, 5.41) is 0. The predicted octanol–water partition coefficient (Wildman–Crippen LogP) is 2.95. The molecule has 104 valence electrons. The molecular formula is C14H21IN4. The van der Waals surface area contributed by atoms with Gasteiger partial charge < -0.3 is 15.2 Å². The van der Waals surface area contributed by atoms with Crippen LogP contribution in [0.5, 0.6) is 0 Å². The van der Waals surface area contributed by atoms with Crippen molar-refractivity contribution in [1.82, 2.24) is 14.5 Å². The molecular weight excluding hydrogens is 351 g/mol. The predicted molar refractivity (Wildman–Crippen MR) is 89.2 cm³/mol. The number of nitrogens with two attached hydrogens (primary N) is 1. The number of hydrogen-bond donors (Lipinski definition) is 1. The summed E-state index contributed by atoms with van der Waals surface area (Å²) >= 11 is 2.30. The molecule has 0 atom stereocenters. The lowest BCUT2D eigenvalue weighted by Gasteiger charge is -2.21. The summed E-state index contributed by atoms with van der Waals surface area (Å²) in [6, 6.07) is 6.86. The maximum absolute atomic E-state index is 6.02. The van der Waals surface area contributed by atoms with Crippen LogP contribution in [-0.2, 0) is 6.54 Å². The van der Waals surface area contributed by atoms with Crippen LogP contribution in [0.15, 0.2) is 18.2 Å². The van der Waals surface area contributed by atoms with Gasteiger partial charge in [0.05, 0.1) is 11.0 Å². The molecule has 0 radical (unpaired) electrons. The number of halogens is 1. The Kier molecular flexibility index (Phi) is 4.67. The van der Waals surface area contributed by atoms with Crippen LogP contribution in [0.4, 0.5) is 5.95 Å². The van der Waals surface area contributed by atoms with Crippen LogP contribution < -0.4 is 5.73 Å². The SMILES string of the molecule is CC(C)N(C)CCCn1c(N)nc2cc(I)ccc21. The van der Waals surface area contributed by atoms with E-state index in [0.717, 1.165) is 30.5 Å². The maximum atomic E-state index is 6.02. The number of nitrogens with zero attached hydrogens (tertiary/aromatic N) is 3. The Morgan fingerprint density at radius 3 is 2.84 bits per heavy atom. The van der Waals surface area contributed by atoms with E-state index in [4.69, 9.17) is 5.73 Å². The monoisotopic (exact) mass is 372 g/mol. The second-order valence-corrected chi connectivity index (χ2v) is 6.43. The number of hydrogen-bond acceptors (Lipinski definition) is 3. The van der Waals surface area contributed by atoms with Gasteiger partial charge in [-0.2, -0.15) is 0 Å². The van der Waals surface area contributed by atoms with Gasteiger partial charge in [-0.05, 0) is 74.7 Å². The van der Waals surface area contributed by atoms with E-state index < -0.39 is 0 Å². The number of nitrogen functional groups attached to an aromatic ring is 1. The van der Waals surface area contributed by atoms with Crippen LogP contribution in [-0.4, -0.2) is 34.1 Å². The summed E-state index contributed by atoms with van der Waals surface area (Å²) in [6.07, 6.45) is 1.08. The van der Waals surface area contributed by atoms with Crippen molar-refractivity contribution < 1.29 is 0 Å². The third kappa shape index (κ3) is 3.39. The fourth-order valence-electron chi connectivity index (χ4n) is 2.09. The van der Waals surface area contributed by atoms with Crippen molar-refractivity contribution in [1.29, 1.82) is 0 Å². The molecule has 4 nitrogen and oxygen atoms in total. The molecule has 0 fully saturated rings. The van der Waals surface area contributed by atoms with Crippen molar-refractivity contribution in [3.63, 3.8) is 0 Å². The van der Waals surface area contributed by atoms with Crippen molar-refractivity contribution in [2.75, 3.05) is 19.3 Å². The van der Waals surface area contributed by atoms with E-state index in [1.165, 1.54) is 3.57 Å². The van der Waals surface area contributed by atoms with Crippen molar-refractivity contribution >= 4 is 39.6 Å². The Labute approximate surface area is 128 Å². The van der Waals surface area contributed by atoms with E-state index in [1.807, 2.05) is 0 Å². The molecule has 0 bridgehead atoms. The summed E-state index contributed by atoms with van der Waals surface area (Å²) in [4.78, 5) is 6.77. The van der Waals surface area contributed by atoms with Gasteiger partial charge in [-0.3, -0.25) is 0 Å². The van der Waals surface area contributed by atoms with Crippen molar-refractivity contribution in [2.45, 2.75) is 32.9 Å². The van der Waals surface area contributed by atoms with Gasteiger partial charge in [0.25, 0.3) is 0 Å². The third-order valence-corrected chi connectivity index (χ3v) is 4.18. The average molecular weight is 372 g/mol. The largest absolute Gasteiger partial charge is 0.369 e. The first-order valence-corrected chi connectivity index (χ1v) is 7.68. The third-order valence-electron chi connectivity index (χ3n) is 3.51. The number of fused-ring (bicyclic) bond motifs is 1. The van der Waals surface area contributed by atoms with Crippen LogP contribution in [0.2, 0.25) is 0 Å². The van der Waals surface area contributed by atoms with Crippen molar-refractivity contribution in [2.24, 2.45) is 0 Å². The Morgan fingerprint density at radius 2 is 2.16 bits per heavy atom. The normalized spacial score (nSPS) is 11.9. The Balaban J connectivity index is 2.10. The standard InChI is InChI=1S/C14H21IN4/c1-10(2)18(3)7-4-8-19-13-6-5-11(15)9-12(13)17-14(19)16/h5-6,9-10H,4,7-8H2,1-3H3,(H2,16,17). The molecule has 19 heavy (non-hydrogen) atoms. The first-order chi connectivity index (χ1) is 8.99. The minimum atomic E-state index is 0.582. The summed E-state index contributed by atoms with van der Waals surface area (Å²) in [5.41, 5.74) is 8.13. The number of anilines is 1. The summed E-state index contributed by atoms with van der Waals surface area (Å²) in [5.74, 6) is 0.615. The van der Waals surface area contributed by atoms with Gasteiger partial charge in [0.2, 0.25) is 5.95 Å². The highest BCUT2D eigenvalue weighted by Gasteiger charge is 2.09. The lowest BCUT2D eigenvalue weighted by atomic mass is 10.3. The number of benzene rings is 1. The molecule has 5 heteroatoms. The van der Waals surface area contributed by atoms with Crippen molar-refractivity contribution in [3.8, 4) is 0 Å². The summed E-state index contributed by atoms with van der Waals surface area (Å²) in [7, 11) is 2.16. The summed E-state index contributed by atoms with van der Waals surface area (Å²) < 4.78 is 3.30. The molecule has 0 saturated carbocycles. The van der Waals surface area contributed by atoms with Crippen molar-refractivity contribution in [3.05, 3.63) is 21.8 Å². The molecule has 1 heterocycles. The average Bonchev–Trinajstić information content (AvgIpc) is 2.64. The van der Waals surface area contributed by atoms with Crippen LogP contribution >= 0.6 is 22.6 Å². The fraction of sp³-hybridized carbons (Fsp3) is 0.500. The maximum Gasteiger partial charge on any atom is 0.201 e. The number of rotatable bonds is 5. The van der Waals surface area contributed by atoms with Gasteiger partial charge in [-0.1, -0.05) is 0 Å². The zero-order chi connectivity index (χ0) is 14.0. The van der Waals surface area contributed by atoms with Gasteiger partial charge in [-0.25, -0.2) is 4.98 Å². The number of aromatic nitrogens is 2. The van der Waals surface area contributed by atoms with Gasteiger partial charge in [0, 0.05) is 16.2 Å². The lowest BCUT2D eigenvalue weighted by Crippen LogP contribution is -2.28. The van der Waals surface area contributed by atoms with E-state index in [1.54, 1.807) is 0 Å². The molecule has 0 amide bonds. The van der Waals surface area contributed by atoms with Gasteiger partial charge in [0.1, 0.15) is 0 Å². The molecule has 0 spiro atoms. The topological polar surface area (TPSA) is 47.1 Å². The molecule has 2 rings (SSSR count). The molecule has 1 aromatic heterocycles. The molecule has 0 aliphatic heterocycles. The lowest BCUT2D eigenvalue weighted by molar-refractivity contribution is 0.266. The molecule has 0 saturated heterocycles. The molecule has 0 aliphatic carbocycles. The second kappa shape index (κ2) is 6.09. The van der Waals surface area contributed by atoms with E-state index in [9.17, 15) is 0 Å². The highest BCUT2D eigenvalue weighted by atomic mass is 127. The van der Waals surface area contributed by atoms with E-state index in [2.05, 4.69) is 76.1 Å². The zero-order valence-corrected chi connectivity index (χ0v) is 13.9. The van der Waals surface area contributed by atoms with E-state index in [-0.39, 0.29) is 0 Å². The highest BCUT2D eigenvalue weighted by molar-refractivity contribution is 14.1. The summed E-state index contributed by atoms with van der Waals surface area (Å²) in [6.45, 7) is 6.41. The minimum Gasteiger partial charge on any atom is -0.369 e. The molecule has 0 unspecified atom stereocenters. The highest BCUT2D eigenvalue weighted by Crippen LogP contribution is 2.20. The van der Waals surface area contributed by atoms with Crippen LogP contribution in [0.25, 0.3) is 11.0 Å². The Morgan fingerprint density at radius 1 is 1.42 bits per heavy atom. The van der Waals surface area contributed by atoms with Gasteiger partial charge in [0.15, 0.2) is 0 Å². The first-order valence-electron chi connectivity index (χ1n) is 6.60. The van der Waals surface area contributed by atoms with Crippen LogP contribution in [0.1, 0.15) is 20.3 Å². The van der Waals surface area contributed by atoms with E-state index >= 15 is 0 Å². The fourth-order valence-corrected chi connectivity index (χ4v) is 2.57. The van der Waals surface area contributed by atoms with Crippen LogP contribution in [0.3, 0.4) is 0 Å². The molecule has 0 aliphatic rings. The van der Waals surface area contributed by atoms with Gasteiger partial charge in [-0.15, -0.1) is 0 Å². The smallest absolute Gasteiger partial charge is 0.201 e. The molecule has 2 N–H and O–H groups in total. The molecule has 1 aromatic carbocycles. The minimum absolute atomic E-state index is 0.582. The Hall–Kier alpha value is -0.820. The van der Waals surface area contributed by atoms with Gasteiger partial charge >= 0.3 is 0 Å². The van der Waals surface area contributed by atoms with Crippen LogP contribution in [0, 0.1) is 3.57 Å².